The molecule has 1 saturated carbocycles. The van der Waals surface area contributed by atoms with Gasteiger partial charge in [-0.1, -0.05) is 38.4 Å². The number of rotatable bonds is 5. The molecule has 0 aromatic rings. The van der Waals surface area contributed by atoms with Gasteiger partial charge in [0.1, 0.15) is 5.75 Å². The SMILES string of the molecule is CCC1CCCC(NS(=O)(=O)CC(N)=S)C1. The lowest BCUT2D eigenvalue weighted by molar-refractivity contribution is 0.301. The Morgan fingerprint density at radius 1 is 1.50 bits per heavy atom. The number of hydrogen-bond donors (Lipinski definition) is 2. The first-order valence-corrected chi connectivity index (χ1v) is 7.77. The van der Waals surface area contributed by atoms with Crippen molar-refractivity contribution in [3.63, 3.8) is 0 Å². The van der Waals surface area contributed by atoms with Gasteiger partial charge in [-0.25, -0.2) is 13.1 Å². The molecule has 4 nitrogen and oxygen atoms in total. The van der Waals surface area contributed by atoms with Crippen molar-refractivity contribution in [2.45, 2.75) is 45.1 Å². The molecule has 0 amide bonds. The maximum absolute atomic E-state index is 11.6. The highest BCUT2D eigenvalue weighted by Gasteiger charge is 2.24. The molecule has 0 bridgehead atoms. The number of sulfonamides is 1. The Bertz CT molecular complexity index is 341. The average Bonchev–Trinajstić information content (AvgIpc) is 2.15. The van der Waals surface area contributed by atoms with Crippen molar-refractivity contribution in [3.8, 4) is 0 Å². The Labute approximate surface area is 103 Å². The third kappa shape index (κ3) is 4.76. The van der Waals surface area contributed by atoms with Crippen molar-refractivity contribution in [1.82, 2.24) is 4.72 Å². The van der Waals surface area contributed by atoms with Crippen LogP contribution in [0.4, 0.5) is 0 Å². The van der Waals surface area contributed by atoms with Crippen LogP contribution in [0.15, 0.2) is 0 Å². The Balaban J connectivity index is 2.50. The fraction of sp³-hybridized carbons (Fsp3) is 0.900. The zero-order valence-corrected chi connectivity index (χ0v) is 11.2. The first-order chi connectivity index (χ1) is 7.43. The first-order valence-electron chi connectivity index (χ1n) is 5.71. The minimum Gasteiger partial charge on any atom is -0.392 e. The van der Waals surface area contributed by atoms with E-state index in [1.807, 2.05) is 0 Å². The molecule has 0 aromatic carbocycles. The highest BCUT2D eigenvalue weighted by molar-refractivity contribution is 7.92. The maximum atomic E-state index is 11.6. The maximum Gasteiger partial charge on any atom is 0.218 e. The van der Waals surface area contributed by atoms with E-state index in [-0.39, 0.29) is 16.8 Å². The molecule has 1 aliphatic carbocycles. The third-order valence-corrected chi connectivity index (χ3v) is 4.75. The van der Waals surface area contributed by atoms with E-state index in [4.69, 9.17) is 5.73 Å². The van der Waals surface area contributed by atoms with Crippen LogP contribution >= 0.6 is 12.2 Å². The van der Waals surface area contributed by atoms with Gasteiger partial charge in [-0.2, -0.15) is 0 Å². The van der Waals surface area contributed by atoms with Crippen LogP contribution in [0.25, 0.3) is 0 Å². The van der Waals surface area contributed by atoms with Gasteiger partial charge in [0, 0.05) is 6.04 Å². The van der Waals surface area contributed by atoms with Crippen LogP contribution in [0.3, 0.4) is 0 Å². The molecule has 2 atom stereocenters. The molecule has 2 unspecified atom stereocenters. The summed E-state index contributed by atoms with van der Waals surface area (Å²) in [5, 5.41) is 0. The van der Waals surface area contributed by atoms with E-state index in [1.165, 1.54) is 6.42 Å². The Morgan fingerprint density at radius 2 is 2.19 bits per heavy atom. The summed E-state index contributed by atoms with van der Waals surface area (Å²) in [6, 6.07) is 0.0676. The third-order valence-electron chi connectivity index (χ3n) is 3.04. The minimum atomic E-state index is -3.33. The minimum absolute atomic E-state index is 0.0235. The second kappa shape index (κ2) is 5.93. The lowest BCUT2D eigenvalue weighted by Gasteiger charge is -2.28. The summed E-state index contributed by atoms with van der Waals surface area (Å²) in [7, 11) is -3.33. The topological polar surface area (TPSA) is 72.2 Å². The van der Waals surface area contributed by atoms with Crippen LogP contribution in [0.5, 0.6) is 0 Å². The Kier molecular flexibility index (Phi) is 5.14. The summed E-state index contributed by atoms with van der Waals surface area (Å²) in [4.78, 5) is 0.0235. The van der Waals surface area contributed by atoms with Crippen molar-refractivity contribution in [2.75, 3.05) is 5.75 Å². The van der Waals surface area contributed by atoms with Crippen molar-refractivity contribution in [3.05, 3.63) is 0 Å². The fourth-order valence-electron chi connectivity index (χ4n) is 2.25. The highest BCUT2D eigenvalue weighted by Crippen LogP contribution is 2.26. The summed E-state index contributed by atoms with van der Waals surface area (Å²) in [6.07, 6.45) is 5.29. The van der Waals surface area contributed by atoms with Gasteiger partial charge >= 0.3 is 0 Å². The van der Waals surface area contributed by atoms with E-state index < -0.39 is 10.0 Å². The van der Waals surface area contributed by atoms with Crippen LogP contribution in [-0.4, -0.2) is 25.2 Å². The standard InChI is InChI=1S/C10H20N2O2S2/c1-2-8-4-3-5-9(6-8)12-16(13,14)7-10(11)15/h8-9,12H,2-7H2,1H3,(H2,11,15). The van der Waals surface area contributed by atoms with E-state index in [0.29, 0.717) is 5.92 Å². The van der Waals surface area contributed by atoms with Gasteiger partial charge in [0.2, 0.25) is 10.0 Å². The smallest absolute Gasteiger partial charge is 0.218 e. The first kappa shape index (κ1) is 13.9. The quantitative estimate of drug-likeness (QED) is 0.731. The largest absolute Gasteiger partial charge is 0.392 e. The van der Waals surface area contributed by atoms with Gasteiger partial charge in [0.15, 0.2) is 0 Å². The lowest BCUT2D eigenvalue weighted by Crippen LogP contribution is -2.41. The van der Waals surface area contributed by atoms with Crippen molar-refractivity contribution < 1.29 is 8.42 Å². The zero-order valence-electron chi connectivity index (χ0n) is 9.61. The number of thiocarbonyl (C=S) groups is 1. The van der Waals surface area contributed by atoms with Crippen molar-refractivity contribution in [2.24, 2.45) is 11.7 Å². The molecule has 0 heterocycles. The Hall–Kier alpha value is -0.200. The zero-order chi connectivity index (χ0) is 12.2. The van der Waals surface area contributed by atoms with E-state index in [0.717, 1.165) is 25.7 Å². The van der Waals surface area contributed by atoms with E-state index >= 15 is 0 Å². The van der Waals surface area contributed by atoms with Gasteiger partial charge in [-0.05, 0) is 18.8 Å². The Morgan fingerprint density at radius 3 is 2.75 bits per heavy atom. The number of nitrogens with one attached hydrogen (secondary N) is 1. The van der Waals surface area contributed by atoms with Crippen molar-refractivity contribution in [1.29, 1.82) is 0 Å². The summed E-state index contributed by atoms with van der Waals surface area (Å²) in [5.74, 6) is 0.404. The van der Waals surface area contributed by atoms with Crippen LogP contribution in [0, 0.1) is 5.92 Å². The molecule has 6 heteroatoms. The molecule has 1 fully saturated rings. The number of nitrogens with two attached hydrogens (primary N) is 1. The summed E-state index contributed by atoms with van der Waals surface area (Å²) >= 11 is 4.62. The van der Waals surface area contributed by atoms with Crippen molar-refractivity contribution >= 4 is 27.2 Å². The second-order valence-corrected chi connectivity index (χ2v) is 6.76. The van der Waals surface area contributed by atoms with Gasteiger partial charge in [0.25, 0.3) is 0 Å². The van der Waals surface area contributed by atoms with Gasteiger partial charge in [-0.15, -0.1) is 0 Å². The van der Waals surface area contributed by atoms with Gasteiger partial charge in [0.05, 0.1) is 4.99 Å². The van der Waals surface area contributed by atoms with Crippen LogP contribution in [-0.2, 0) is 10.0 Å². The molecule has 16 heavy (non-hydrogen) atoms. The molecular formula is C10H20N2O2S2. The van der Waals surface area contributed by atoms with E-state index in [1.54, 1.807) is 0 Å². The summed E-state index contributed by atoms with van der Waals surface area (Å²) in [5.41, 5.74) is 5.25. The molecule has 0 spiro atoms. The predicted molar refractivity (Wildman–Crippen MR) is 69.7 cm³/mol. The molecule has 0 radical (unpaired) electrons. The van der Waals surface area contributed by atoms with E-state index in [9.17, 15) is 8.42 Å². The molecule has 1 aliphatic rings. The normalized spacial score (nSPS) is 26.6. The summed E-state index contributed by atoms with van der Waals surface area (Å²) in [6.45, 7) is 2.15. The van der Waals surface area contributed by atoms with E-state index in [2.05, 4.69) is 23.9 Å². The number of hydrogen-bond acceptors (Lipinski definition) is 3. The lowest BCUT2D eigenvalue weighted by atomic mass is 9.85. The van der Waals surface area contributed by atoms with Crippen LogP contribution in [0.1, 0.15) is 39.0 Å². The summed E-state index contributed by atoms with van der Waals surface area (Å²) < 4.78 is 25.9. The van der Waals surface area contributed by atoms with Crippen LogP contribution < -0.4 is 10.5 Å². The molecule has 0 aliphatic heterocycles. The second-order valence-electron chi connectivity index (χ2n) is 4.48. The predicted octanol–water partition coefficient (Wildman–Crippen LogP) is 1.16. The molecule has 3 N–H and O–H groups in total. The fourth-order valence-corrected chi connectivity index (χ4v) is 3.90. The molecule has 0 saturated heterocycles. The van der Waals surface area contributed by atoms with Gasteiger partial charge < -0.3 is 5.73 Å². The van der Waals surface area contributed by atoms with Gasteiger partial charge in [-0.3, -0.25) is 0 Å². The molecule has 1 rings (SSSR count). The molecule has 94 valence electrons. The van der Waals surface area contributed by atoms with Crippen LogP contribution in [0.2, 0.25) is 0 Å². The molecule has 0 aromatic heterocycles. The monoisotopic (exact) mass is 264 g/mol. The average molecular weight is 264 g/mol. The highest BCUT2D eigenvalue weighted by atomic mass is 32.2. The molecular weight excluding hydrogens is 244 g/mol.